The maximum Gasteiger partial charge on any atom is 0.345 e. The lowest BCUT2D eigenvalue weighted by Gasteiger charge is -2.35. The van der Waals surface area contributed by atoms with Gasteiger partial charge in [-0.15, -0.1) is 11.3 Å². The highest BCUT2D eigenvalue weighted by Gasteiger charge is 2.32. The van der Waals surface area contributed by atoms with Crippen molar-refractivity contribution in [2.45, 2.75) is 52.3 Å². The van der Waals surface area contributed by atoms with Gasteiger partial charge in [0.05, 0.1) is 114 Å². The third-order valence-electron chi connectivity index (χ3n) is 14.8. The number of nitrogens with zero attached hydrogens (tertiary/aromatic N) is 6. The predicted molar refractivity (Wildman–Crippen MR) is 332 cm³/mol. The highest BCUT2D eigenvalue weighted by atomic mass is 35.5. The van der Waals surface area contributed by atoms with E-state index in [1.54, 1.807) is 56.8 Å². The summed E-state index contributed by atoms with van der Waals surface area (Å²) in [5, 5.41) is 12.1. The molecule has 0 aliphatic carbocycles. The number of benzene rings is 4. The summed E-state index contributed by atoms with van der Waals surface area (Å²) < 4.78 is 85.7. The molecule has 88 heavy (non-hydrogen) atoms. The molecule has 7 aromatic rings. The van der Waals surface area contributed by atoms with Crippen LogP contribution in [0.5, 0.6) is 23.1 Å². The van der Waals surface area contributed by atoms with Gasteiger partial charge in [0.2, 0.25) is 12.0 Å². The quantitative estimate of drug-likeness (QED) is 0.0416. The molecule has 3 aromatic heterocycles. The number of thiophene rings is 1. The normalized spacial score (nSPS) is 15.7. The maximum absolute atomic E-state index is 14.5. The number of rotatable bonds is 30. The first-order valence-electron chi connectivity index (χ1n) is 29.1. The summed E-state index contributed by atoms with van der Waals surface area (Å²) in [6, 6.07) is 19.0. The molecule has 1 saturated heterocycles. The Morgan fingerprint density at radius 3 is 1.98 bits per heavy atom. The molecule has 472 valence electrons. The zero-order valence-electron chi connectivity index (χ0n) is 50.2. The number of likely N-dealkylation sites (N-methyl/N-ethyl adjacent to an activating group) is 1. The number of halogens is 3. The first-order chi connectivity index (χ1) is 42.9. The summed E-state index contributed by atoms with van der Waals surface area (Å²) in [5.74, 6) is -0.131. The van der Waals surface area contributed by atoms with Gasteiger partial charge < -0.3 is 66.8 Å². The van der Waals surface area contributed by atoms with Gasteiger partial charge in [0.1, 0.15) is 47.8 Å². The minimum Gasteiger partial charge on any atom is -0.490 e. The topological polar surface area (TPSA) is 206 Å². The number of hydrogen-bond donors (Lipinski definition) is 1. The standard InChI is InChI=1S/C64H75Cl2FN6O14S/c1-41-54-42(2)58(66)59(57(41)65)86-51(35-73-18-16-72(3)17-19-73)39-84-50-12-13-52(46(33-50)34-53(64(74)75)87-62-56-55(54)60(88-63(56)70-40-69-62)43-8-10-48(67)11-9-43)85-38-49-14-15-68-61(71-49)44-6-7-45(36-82-30-28-80-26-24-78-22-20-76-4)47(32-44)37-83-31-29-81-27-25-79-23-21-77-5/h6-15,32-33,40,51,53H,16-31,34-39H2,1-5H3,(H,74,75)/t51-,53-/m1/s1. The number of aromatic nitrogens is 4. The van der Waals surface area contributed by atoms with E-state index in [4.69, 9.17) is 85.0 Å². The molecule has 0 unspecified atom stereocenters. The van der Waals surface area contributed by atoms with Crippen LogP contribution in [0.1, 0.15) is 33.5 Å². The van der Waals surface area contributed by atoms with Crippen LogP contribution < -0.4 is 18.9 Å². The lowest BCUT2D eigenvalue weighted by Crippen LogP contribution is -2.49. The molecule has 0 spiro atoms. The molecule has 3 aliphatic rings. The smallest absolute Gasteiger partial charge is 0.345 e. The first-order valence-corrected chi connectivity index (χ1v) is 30.7. The van der Waals surface area contributed by atoms with Crippen molar-refractivity contribution >= 4 is 50.7 Å². The van der Waals surface area contributed by atoms with Crippen LogP contribution in [0.4, 0.5) is 4.39 Å². The van der Waals surface area contributed by atoms with Gasteiger partial charge in [-0.2, -0.15) is 0 Å². The zero-order valence-corrected chi connectivity index (χ0v) is 52.5. The second-order valence-electron chi connectivity index (χ2n) is 21.0. The van der Waals surface area contributed by atoms with E-state index in [2.05, 4.69) is 31.8 Å². The van der Waals surface area contributed by atoms with Gasteiger partial charge >= 0.3 is 5.97 Å². The molecule has 4 aromatic carbocycles. The van der Waals surface area contributed by atoms with Gasteiger partial charge in [-0.05, 0) is 96.7 Å². The number of carbonyl (C=O) groups is 1. The van der Waals surface area contributed by atoms with Crippen molar-refractivity contribution in [2.75, 3.05) is 140 Å². The van der Waals surface area contributed by atoms with Crippen LogP contribution in [0.2, 0.25) is 10.0 Å². The van der Waals surface area contributed by atoms with Gasteiger partial charge in [0.15, 0.2) is 11.6 Å². The molecule has 3 aliphatic heterocycles. The van der Waals surface area contributed by atoms with E-state index in [9.17, 15) is 14.3 Å². The Hall–Kier alpha value is -6.22. The largest absolute Gasteiger partial charge is 0.490 e. The number of carboxylic acids is 1. The van der Waals surface area contributed by atoms with Gasteiger partial charge in [-0.1, -0.05) is 47.5 Å². The molecule has 1 fully saturated rings. The fourth-order valence-electron chi connectivity index (χ4n) is 10.0. The number of carboxylic acid groups (broad SMARTS) is 1. The first kappa shape index (κ1) is 66.2. The molecule has 1 N–H and O–H groups in total. The summed E-state index contributed by atoms with van der Waals surface area (Å²) in [7, 11) is 5.36. The molecule has 0 saturated carbocycles. The number of aliphatic carboxylic acids is 1. The van der Waals surface area contributed by atoms with Crippen LogP contribution in [-0.2, 0) is 68.9 Å². The molecular formula is C64H75Cl2FN6O14S. The molecule has 10 rings (SSSR count). The third-order valence-corrected chi connectivity index (χ3v) is 16.8. The van der Waals surface area contributed by atoms with Crippen LogP contribution >= 0.6 is 34.5 Å². The number of ether oxygens (including phenoxy) is 12. The second-order valence-corrected chi connectivity index (χ2v) is 22.8. The Morgan fingerprint density at radius 2 is 1.33 bits per heavy atom. The van der Waals surface area contributed by atoms with E-state index in [0.717, 1.165) is 42.9 Å². The average Bonchev–Trinajstić information content (AvgIpc) is 1.77. The van der Waals surface area contributed by atoms with Crippen LogP contribution in [0, 0.1) is 19.7 Å². The van der Waals surface area contributed by atoms with Gasteiger partial charge in [0.25, 0.3) is 0 Å². The van der Waals surface area contributed by atoms with E-state index < -0.39 is 24.0 Å². The van der Waals surface area contributed by atoms with Gasteiger partial charge in [0, 0.05) is 81.1 Å². The minimum atomic E-state index is -1.51. The molecule has 0 amide bonds. The summed E-state index contributed by atoms with van der Waals surface area (Å²) in [6.45, 7) is 13.6. The molecule has 2 atom stereocenters. The Bertz CT molecular complexity index is 3370. The molecule has 24 heteroatoms. The summed E-state index contributed by atoms with van der Waals surface area (Å²) in [5.41, 5.74) is 6.74. The fourth-order valence-corrected chi connectivity index (χ4v) is 11.7. The molecule has 20 nitrogen and oxygen atoms in total. The van der Waals surface area contributed by atoms with Crippen molar-refractivity contribution in [3.63, 3.8) is 0 Å². The number of piperazine rings is 1. The van der Waals surface area contributed by atoms with Crippen LogP contribution in [-0.4, -0.2) is 193 Å². The van der Waals surface area contributed by atoms with Crippen molar-refractivity contribution in [3.8, 4) is 56.1 Å². The second kappa shape index (κ2) is 33.6. The Balaban J connectivity index is 0.993. The number of methoxy groups -OCH3 is 2. The molecular weight excluding hydrogens is 1200 g/mol. The predicted octanol–water partition coefficient (Wildman–Crippen LogP) is 9.98. The third kappa shape index (κ3) is 18.0. The highest BCUT2D eigenvalue weighted by molar-refractivity contribution is 7.22. The van der Waals surface area contributed by atoms with E-state index >= 15 is 0 Å². The van der Waals surface area contributed by atoms with Gasteiger partial charge in [-0.25, -0.2) is 29.1 Å². The summed E-state index contributed by atoms with van der Waals surface area (Å²) in [6.07, 6.45) is 0.716. The lowest BCUT2D eigenvalue weighted by molar-refractivity contribution is -0.145. The van der Waals surface area contributed by atoms with Crippen LogP contribution in [0.15, 0.2) is 79.3 Å². The lowest BCUT2D eigenvalue weighted by atomic mass is 9.92. The maximum atomic E-state index is 14.5. The summed E-state index contributed by atoms with van der Waals surface area (Å²) in [4.78, 5) is 38.2. The molecule has 6 heterocycles. The number of hydrogen-bond acceptors (Lipinski definition) is 20. The van der Waals surface area contributed by atoms with Crippen molar-refractivity contribution in [2.24, 2.45) is 0 Å². The van der Waals surface area contributed by atoms with E-state index in [0.29, 0.717) is 170 Å². The molecule has 0 radical (unpaired) electrons. The molecule has 4 bridgehead atoms. The van der Waals surface area contributed by atoms with E-state index in [1.807, 2.05) is 32.0 Å². The Kier molecular flexibility index (Phi) is 25.2. The number of fused-ring (bicyclic) bond motifs is 7. The van der Waals surface area contributed by atoms with E-state index in [-0.39, 0.29) is 42.2 Å². The van der Waals surface area contributed by atoms with E-state index in [1.165, 1.54) is 29.8 Å². The summed E-state index contributed by atoms with van der Waals surface area (Å²) >= 11 is 16.1. The SMILES string of the molecule is COCCOCCOCCOCc1ccc(-c2nccc(COc3ccc4cc3C[C@H](C(=O)O)Oc3ncnc5sc(-c6ccc(F)cc6)c(c35)-c3c(C)c(Cl)c(c(Cl)c3C)O[C@H](CN3CCN(C)CC3)CO4)n2)cc1COCCOCCOCCOC. The van der Waals surface area contributed by atoms with Crippen molar-refractivity contribution in [3.05, 3.63) is 129 Å². The van der Waals surface area contributed by atoms with Crippen molar-refractivity contribution in [1.29, 1.82) is 0 Å². The Morgan fingerprint density at radius 1 is 0.705 bits per heavy atom. The Labute approximate surface area is 525 Å². The van der Waals surface area contributed by atoms with Crippen LogP contribution in [0.3, 0.4) is 0 Å². The highest BCUT2D eigenvalue weighted by Crippen LogP contribution is 2.53. The van der Waals surface area contributed by atoms with Gasteiger partial charge in [-0.3, -0.25) is 4.90 Å². The average molecular weight is 1270 g/mol. The monoisotopic (exact) mass is 1270 g/mol. The van der Waals surface area contributed by atoms with Crippen molar-refractivity contribution < 1.29 is 71.1 Å². The minimum absolute atomic E-state index is 0.00401. The van der Waals surface area contributed by atoms with Crippen LogP contribution in [0.25, 0.3) is 43.2 Å². The fraction of sp³-hybridized carbons (Fsp3) is 0.453. The van der Waals surface area contributed by atoms with Crippen molar-refractivity contribution in [1.82, 2.24) is 29.7 Å². The zero-order chi connectivity index (χ0) is 61.8.